The molecule has 3 aromatic rings. The van der Waals surface area contributed by atoms with Crippen LogP contribution in [0.4, 0.5) is 0 Å². The number of pyridine rings is 1. The quantitative estimate of drug-likeness (QED) is 0.681. The maximum atomic E-state index is 6.30. The number of aryl methyl sites for hydroxylation is 1. The van der Waals surface area contributed by atoms with E-state index in [0.29, 0.717) is 0 Å². The Hall–Kier alpha value is -2.39. The summed E-state index contributed by atoms with van der Waals surface area (Å²) in [6.45, 7) is 7.19. The summed E-state index contributed by atoms with van der Waals surface area (Å²) in [7, 11) is 0. The molecule has 134 valence electrons. The van der Waals surface area contributed by atoms with E-state index in [4.69, 9.17) is 9.72 Å². The van der Waals surface area contributed by atoms with Gasteiger partial charge in [-0.25, -0.2) is 4.98 Å². The van der Waals surface area contributed by atoms with Gasteiger partial charge in [-0.3, -0.25) is 4.90 Å². The fourth-order valence-electron chi connectivity index (χ4n) is 3.69. The van der Waals surface area contributed by atoms with Gasteiger partial charge in [0.1, 0.15) is 6.10 Å². The SMILES string of the molecule is CC[C@H]1CN(CCc2ccccc2)Cc2cc3cccc(C)c3nc2O1. The topological polar surface area (TPSA) is 25.4 Å². The Balaban J connectivity index is 1.61. The van der Waals surface area contributed by atoms with Crippen LogP contribution >= 0.6 is 0 Å². The monoisotopic (exact) mass is 346 g/mol. The molecule has 0 aliphatic carbocycles. The molecule has 0 N–H and O–H groups in total. The van der Waals surface area contributed by atoms with Crippen molar-refractivity contribution in [1.82, 2.24) is 9.88 Å². The molecule has 0 saturated heterocycles. The molecule has 2 heterocycles. The highest BCUT2D eigenvalue weighted by Crippen LogP contribution is 2.29. The number of rotatable bonds is 4. The van der Waals surface area contributed by atoms with Crippen molar-refractivity contribution in [2.75, 3.05) is 13.1 Å². The molecule has 26 heavy (non-hydrogen) atoms. The van der Waals surface area contributed by atoms with Gasteiger partial charge in [-0.05, 0) is 37.0 Å². The van der Waals surface area contributed by atoms with Gasteiger partial charge in [-0.2, -0.15) is 0 Å². The summed E-state index contributed by atoms with van der Waals surface area (Å²) in [6.07, 6.45) is 2.25. The molecule has 0 fully saturated rings. The van der Waals surface area contributed by atoms with E-state index in [-0.39, 0.29) is 6.10 Å². The van der Waals surface area contributed by atoms with Crippen molar-refractivity contribution in [3.8, 4) is 5.88 Å². The van der Waals surface area contributed by atoms with Crippen LogP contribution in [0.5, 0.6) is 5.88 Å². The molecule has 0 bridgehead atoms. The highest BCUT2D eigenvalue weighted by Gasteiger charge is 2.23. The first-order valence-corrected chi connectivity index (χ1v) is 9.55. The zero-order chi connectivity index (χ0) is 17.9. The number of ether oxygens (including phenoxy) is 1. The average Bonchev–Trinajstić information content (AvgIpc) is 2.84. The van der Waals surface area contributed by atoms with Gasteiger partial charge in [-0.1, -0.05) is 55.5 Å². The zero-order valence-corrected chi connectivity index (χ0v) is 15.6. The van der Waals surface area contributed by atoms with E-state index in [1.165, 1.54) is 22.1 Å². The second-order valence-corrected chi connectivity index (χ2v) is 7.22. The minimum atomic E-state index is 0.195. The molecule has 0 spiro atoms. The third-order valence-electron chi connectivity index (χ3n) is 5.24. The van der Waals surface area contributed by atoms with Crippen molar-refractivity contribution < 1.29 is 4.74 Å². The van der Waals surface area contributed by atoms with E-state index in [2.05, 4.69) is 73.3 Å². The van der Waals surface area contributed by atoms with Gasteiger partial charge in [0.05, 0.1) is 5.52 Å². The lowest BCUT2D eigenvalue weighted by molar-refractivity contribution is 0.140. The summed E-state index contributed by atoms with van der Waals surface area (Å²) in [5.41, 5.74) is 4.84. The van der Waals surface area contributed by atoms with E-state index in [9.17, 15) is 0 Å². The van der Waals surface area contributed by atoms with E-state index in [1.54, 1.807) is 0 Å². The summed E-state index contributed by atoms with van der Waals surface area (Å²) < 4.78 is 6.30. The van der Waals surface area contributed by atoms with Crippen LogP contribution in [0, 0.1) is 6.92 Å². The van der Waals surface area contributed by atoms with Gasteiger partial charge in [0, 0.05) is 30.6 Å². The van der Waals surface area contributed by atoms with E-state index >= 15 is 0 Å². The number of aromatic nitrogens is 1. The summed E-state index contributed by atoms with van der Waals surface area (Å²) in [5, 5.41) is 1.20. The normalized spacial score (nSPS) is 17.5. The molecule has 1 aliphatic heterocycles. The fraction of sp³-hybridized carbons (Fsp3) is 0.348. The van der Waals surface area contributed by atoms with E-state index in [0.717, 1.165) is 43.9 Å². The summed E-state index contributed by atoms with van der Waals surface area (Å²) >= 11 is 0. The van der Waals surface area contributed by atoms with Gasteiger partial charge in [0.15, 0.2) is 0 Å². The number of benzene rings is 2. The first kappa shape index (κ1) is 17.0. The smallest absolute Gasteiger partial charge is 0.218 e. The standard InChI is InChI=1S/C23H26N2O/c1-3-21-16-25(13-12-18-9-5-4-6-10-18)15-20-14-19-11-7-8-17(2)22(19)24-23(20)26-21/h4-11,14,21H,3,12-13,15-16H2,1-2H3/t21-/m0/s1. The van der Waals surface area contributed by atoms with Crippen molar-refractivity contribution in [2.24, 2.45) is 0 Å². The molecule has 0 saturated carbocycles. The predicted octanol–water partition coefficient (Wildman–Crippen LogP) is 4.76. The minimum Gasteiger partial charge on any atom is -0.473 e. The van der Waals surface area contributed by atoms with Gasteiger partial charge in [0.25, 0.3) is 0 Å². The molecule has 4 rings (SSSR count). The maximum Gasteiger partial charge on any atom is 0.218 e. The molecule has 3 nitrogen and oxygen atoms in total. The first-order valence-electron chi connectivity index (χ1n) is 9.55. The predicted molar refractivity (Wildman–Crippen MR) is 107 cm³/mol. The third kappa shape index (κ3) is 3.58. The molecular weight excluding hydrogens is 320 g/mol. The maximum absolute atomic E-state index is 6.30. The second-order valence-electron chi connectivity index (χ2n) is 7.22. The molecule has 1 aromatic heterocycles. The molecule has 1 aliphatic rings. The van der Waals surface area contributed by atoms with Gasteiger partial charge in [0.2, 0.25) is 5.88 Å². The van der Waals surface area contributed by atoms with Crippen LogP contribution in [-0.2, 0) is 13.0 Å². The molecule has 3 heteroatoms. The summed E-state index contributed by atoms with van der Waals surface area (Å²) in [5.74, 6) is 0.820. The van der Waals surface area contributed by atoms with Crippen LogP contribution < -0.4 is 4.74 Å². The number of hydrogen-bond acceptors (Lipinski definition) is 3. The Labute approximate surface area is 155 Å². The number of hydrogen-bond donors (Lipinski definition) is 0. The fourth-order valence-corrected chi connectivity index (χ4v) is 3.69. The summed E-state index contributed by atoms with van der Waals surface area (Å²) in [4.78, 5) is 7.39. The highest BCUT2D eigenvalue weighted by atomic mass is 16.5. The van der Waals surface area contributed by atoms with Crippen molar-refractivity contribution in [3.05, 3.63) is 71.3 Å². The minimum absolute atomic E-state index is 0.195. The van der Waals surface area contributed by atoms with Crippen LogP contribution in [0.2, 0.25) is 0 Å². The Morgan fingerprint density at radius 3 is 2.77 bits per heavy atom. The van der Waals surface area contributed by atoms with E-state index in [1.807, 2.05) is 0 Å². The average molecular weight is 346 g/mol. The molecular formula is C23H26N2O. The van der Waals surface area contributed by atoms with Gasteiger partial charge in [-0.15, -0.1) is 0 Å². The van der Waals surface area contributed by atoms with Gasteiger partial charge >= 0.3 is 0 Å². The molecule has 1 atom stereocenters. The van der Waals surface area contributed by atoms with Crippen LogP contribution in [-0.4, -0.2) is 29.1 Å². The lowest BCUT2D eigenvalue weighted by atomic mass is 10.1. The Morgan fingerprint density at radius 1 is 1.12 bits per heavy atom. The lowest BCUT2D eigenvalue weighted by Gasteiger charge is -2.22. The lowest BCUT2D eigenvalue weighted by Crippen LogP contribution is -2.33. The van der Waals surface area contributed by atoms with Crippen LogP contribution in [0.25, 0.3) is 10.9 Å². The second kappa shape index (κ2) is 7.46. The third-order valence-corrected chi connectivity index (χ3v) is 5.24. The number of fused-ring (bicyclic) bond motifs is 2. The molecule has 0 unspecified atom stereocenters. The number of nitrogens with zero attached hydrogens (tertiary/aromatic N) is 2. The first-order chi connectivity index (χ1) is 12.7. The van der Waals surface area contributed by atoms with Gasteiger partial charge < -0.3 is 4.74 Å². The van der Waals surface area contributed by atoms with E-state index < -0.39 is 0 Å². The molecule has 2 aromatic carbocycles. The Morgan fingerprint density at radius 2 is 1.96 bits per heavy atom. The summed E-state index contributed by atoms with van der Waals surface area (Å²) in [6, 6.07) is 19.3. The van der Waals surface area contributed by atoms with Crippen molar-refractivity contribution in [2.45, 2.75) is 39.3 Å². The van der Waals surface area contributed by atoms with Crippen molar-refractivity contribution in [1.29, 1.82) is 0 Å². The molecule has 0 amide bonds. The molecule has 0 radical (unpaired) electrons. The zero-order valence-electron chi connectivity index (χ0n) is 15.6. The largest absolute Gasteiger partial charge is 0.473 e. The van der Waals surface area contributed by atoms with Crippen molar-refractivity contribution >= 4 is 10.9 Å². The number of para-hydroxylation sites is 1. The Bertz CT molecular complexity index is 891. The van der Waals surface area contributed by atoms with Crippen molar-refractivity contribution in [3.63, 3.8) is 0 Å². The Kier molecular flexibility index (Phi) is 4.89. The van der Waals surface area contributed by atoms with Crippen LogP contribution in [0.15, 0.2) is 54.6 Å². The highest BCUT2D eigenvalue weighted by molar-refractivity contribution is 5.83. The van der Waals surface area contributed by atoms with Crippen LogP contribution in [0.1, 0.15) is 30.0 Å². The van der Waals surface area contributed by atoms with Crippen LogP contribution in [0.3, 0.4) is 0 Å².